The maximum Gasteiger partial charge on any atom is 0.234 e. The Bertz CT molecular complexity index is 3130. The topological polar surface area (TPSA) is 162 Å². The summed E-state index contributed by atoms with van der Waals surface area (Å²) in [6, 6.07) is 46.0. The first-order valence-corrected chi connectivity index (χ1v) is 24.5. The Hall–Kier alpha value is -8.00. The van der Waals surface area contributed by atoms with Gasteiger partial charge in [-0.25, -0.2) is 9.36 Å². The number of aryl methyl sites for hydroxylation is 2. The second-order valence-corrected chi connectivity index (χ2v) is 19.0. The van der Waals surface area contributed by atoms with Crippen LogP contribution in [0.4, 0.5) is 11.6 Å². The van der Waals surface area contributed by atoms with Crippen molar-refractivity contribution < 1.29 is 28.7 Å². The van der Waals surface area contributed by atoms with Gasteiger partial charge in [-0.2, -0.15) is 0 Å². The number of hydrogen-bond acceptors (Lipinski definition) is 8. The number of rotatable bonds is 16. The van der Waals surface area contributed by atoms with Crippen molar-refractivity contribution in [2.75, 3.05) is 37.9 Å². The van der Waals surface area contributed by atoms with E-state index in [2.05, 4.69) is 78.3 Å². The van der Waals surface area contributed by atoms with Crippen LogP contribution in [-0.4, -0.2) is 75.4 Å². The number of benzene rings is 5. The first-order valence-electron chi connectivity index (χ1n) is 24.5. The minimum atomic E-state index is -0.742. The van der Waals surface area contributed by atoms with Gasteiger partial charge in [-0.15, -0.1) is 10.2 Å². The molecular formula is C57H58N8O6. The van der Waals surface area contributed by atoms with E-state index in [4.69, 9.17) is 19.7 Å². The van der Waals surface area contributed by atoms with Gasteiger partial charge in [0.2, 0.25) is 23.6 Å². The van der Waals surface area contributed by atoms with Crippen LogP contribution in [0.3, 0.4) is 0 Å². The quantitative estimate of drug-likeness (QED) is 0.0865. The molecule has 5 aromatic carbocycles. The van der Waals surface area contributed by atoms with Gasteiger partial charge in [-0.1, -0.05) is 99.5 Å². The van der Waals surface area contributed by atoms with Crippen LogP contribution in [0.25, 0.3) is 33.9 Å². The monoisotopic (exact) mass is 950 g/mol. The molecule has 4 atom stereocenters. The van der Waals surface area contributed by atoms with Gasteiger partial charge in [0.15, 0.2) is 11.6 Å². The Balaban J connectivity index is 0.000000172. The molecule has 4 amide bonds. The summed E-state index contributed by atoms with van der Waals surface area (Å²) in [5, 5.41) is 18.3. The highest BCUT2D eigenvalue weighted by Gasteiger charge is 2.70. The molecule has 4 aliphatic rings. The Labute approximate surface area is 413 Å². The lowest BCUT2D eigenvalue weighted by atomic mass is 10.0. The van der Waals surface area contributed by atoms with Gasteiger partial charge in [-0.3, -0.25) is 19.2 Å². The number of likely N-dealkylation sites (tertiary alicyclic amines) is 1. The normalized spacial score (nSPS) is 20.3. The molecule has 11 rings (SSSR count). The van der Waals surface area contributed by atoms with Gasteiger partial charge in [-0.05, 0) is 85.3 Å². The molecule has 0 bridgehead atoms. The van der Waals surface area contributed by atoms with Gasteiger partial charge in [0, 0.05) is 54.5 Å². The van der Waals surface area contributed by atoms with Crippen LogP contribution in [0.5, 0.6) is 11.5 Å². The molecule has 4 heterocycles. The SMILES string of the molecule is CCCc1cccc(-c2cc(NC(=O)C34CC3C(=O)N(Cc3ccc(OC)cc3OC)C4)nn2-c2ccccc2)c1.CCCc1cccc(-c2cc(NC(=O)C34CNC(=O)C3C4)nn2-c2ccccc2)c1. The summed E-state index contributed by atoms with van der Waals surface area (Å²) >= 11 is 0. The van der Waals surface area contributed by atoms with Gasteiger partial charge >= 0.3 is 0 Å². The van der Waals surface area contributed by atoms with Crippen LogP contribution in [0.15, 0.2) is 140 Å². The number of aromatic nitrogens is 4. The number of hydrogen-bond donors (Lipinski definition) is 3. The van der Waals surface area contributed by atoms with Crippen LogP contribution in [0.2, 0.25) is 0 Å². The van der Waals surface area contributed by atoms with E-state index in [0.29, 0.717) is 55.6 Å². The maximum atomic E-state index is 13.7. The summed E-state index contributed by atoms with van der Waals surface area (Å²) in [6.07, 6.45) is 5.33. The standard InChI is InChI=1S/C33H34N4O4.C24H24N4O2/c1-4-9-22-10-8-11-23(16-22)28-18-30(35-37(28)25-12-6-5-7-13-25)34-32(39)33-19-27(33)31(38)36(21-33)20-24-14-15-26(40-2)17-29(24)41-3;1-2-7-16-8-6-9-17(12-16)20-13-21(27-28(20)18-10-4-3-5-11-18)26-23(30)24-14-19(24)22(29)25-15-24/h5-8,10-18,27H,4,9,19-21H2,1-3H3,(H,34,35,39);3-6,8-13,19H,2,7,14-15H2,1H3,(H,25,29)(H,26,27,30). The van der Waals surface area contributed by atoms with E-state index < -0.39 is 10.8 Å². The number of para-hydroxylation sites is 2. The highest BCUT2D eigenvalue weighted by atomic mass is 16.5. The molecule has 4 unspecified atom stereocenters. The number of methoxy groups -OCH3 is 2. The summed E-state index contributed by atoms with van der Waals surface area (Å²) in [7, 11) is 3.20. The minimum absolute atomic E-state index is 0.00117. The molecule has 14 heteroatoms. The van der Waals surface area contributed by atoms with Crippen molar-refractivity contribution >= 4 is 35.3 Å². The molecule has 2 aromatic heterocycles. The number of piperidine rings is 2. The number of nitrogens with one attached hydrogen (secondary N) is 3. The zero-order chi connectivity index (χ0) is 49.3. The third kappa shape index (κ3) is 9.17. The number of fused-ring (bicyclic) bond motifs is 2. The zero-order valence-corrected chi connectivity index (χ0v) is 40.5. The predicted molar refractivity (Wildman–Crippen MR) is 272 cm³/mol. The number of anilines is 2. The summed E-state index contributed by atoms with van der Waals surface area (Å²) < 4.78 is 14.5. The van der Waals surface area contributed by atoms with Crippen molar-refractivity contribution in [2.24, 2.45) is 22.7 Å². The number of amides is 4. The number of nitrogens with zero attached hydrogens (tertiary/aromatic N) is 5. The van der Waals surface area contributed by atoms with Crippen molar-refractivity contribution in [2.45, 2.75) is 58.9 Å². The molecule has 7 aromatic rings. The molecule has 4 fully saturated rings. The molecule has 14 nitrogen and oxygen atoms in total. The molecule has 2 saturated carbocycles. The van der Waals surface area contributed by atoms with E-state index in [1.54, 1.807) is 25.2 Å². The third-order valence-corrected chi connectivity index (χ3v) is 14.3. The van der Waals surface area contributed by atoms with Crippen molar-refractivity contribution in [3.8, 4) is 45.4 Å². The Morgan fingerprint density at radius 2 is 1.20 bits per heavy atom. The number of carbonyl (C=O) groups is 4. The highest BCUT2D eigenvalue weighted by molar-refractivity contribution is 6.06. The second kappa shape index (κ2) is 19.4. The molecule has 0 radical (unpaired) electrons. The Kier molecular flexibility index (Phi) is 12.8. The first-order chi connectivity index (χ1) is 34.6. The van der Waals surface area contributed by atoms with Crippen LogP contribution in [0.1, 0.15) is 56.2 Å². The molecular weight excluding hydrogens is 893 g/mol. The fraction of sp³-hybridized carbons (Fsp3) is 0.298. The molecule has 71 heavy (non-hydrogen) atoms. The predicted octanol–water partition coefficient (Wildman–Crippen LogP) is 9.06. The fourth-order valence-electron chi connectivity index (χ4n) is 10.3. The largest absolute Gasteiger partial charge is 0.497 e. The average molecular weight is 951 g/mol. The molecule has 2 aliphatic heterocycles. The second-order valence-electron chi connectivity index (χ2n) is 19.0. The van der Waals surface area contributed by atoms with Gasteiger partial charge in [0.1, 0.15) is 11.5 Å². The van der Waals surface area contributed by atoms with Crippen molar-refractivity contribution in [3.63, 3.8) is 0 Å². The molecule has 362 valence electrons. The van der Waals surface area contributed by atoms with E-state index in [1.807, 2.05) is 94.3 Å². The van der Waals surface area contributed by atoms with Crippen LogP contribution < -0.4 is 25.4 Å². The molecule has 3 N–H and O–H groups in total. The van der Waals surface area contributed by atoms with E-state index in [0.717, 1.165) is 65.1 Å². The number of carbonyl (C=O) groups excluding carboxylic acids is 4. The van der Waals surface area contributed by atoms with Crippen LogP contribution in [0, 0.1) is 22.7 Å². The first kappa shape index (κ1) is 46.7. The number of ether oxygens (including phenoxy) is 2. The molecule has 2 saturated heterocycles. The zero-order valence-electron chi connectivity index (χ0n) is 40.5. The van der Waals surface area contributed by atoms with Gasteiger partial charge in [0.05, 0.1) is 59.6 Å². The van der Waals surface area contributed by atoms with Crippen LogP contribution >= 0.6 is 0 Å². The summed E-state index contributed by atoms with van der Waals surface area (Å²) in [4.78, 5) is 53.3. The third-order valence-electron chi connectivity index (χ3n) is 14.3. The summed E-state index contributed by atoms with van der Waals surface area (Å²) in [6.45, 7) is 5.48. The summed E-state index contributed by atoms with van der Waals surface area (Å²) in [5.41, 5.74) is 7.79. The molecule has 2 aliphatic carbocycles. The van der Waals surface area contributed by atoms with E-state index in [-0.39, 0.29) is 35.5 Å². The lowest BCUT2D eigenvalue weighted by molar-refractivity contribution is -0.130. The Morgan fingerprint density at radius 1 is 0.648 bits per heavy atom. The minimum Gasteiger partial charge on any atom is -0.497 e. The van der Waals surface area contributed by atoms with Crippen LogP contribution in [-0.2, 0) is 38.6 Å². The Morgan fingerprint density at radius 3 is 1.69 bits per heavy atom. The van der Waals surface area contributed by atoms with Gasteiger partial charge < -0.3 is 30.3 Å². The van der Waals surface area contributed by atoms with E-state index in [9.17, 15) is 19.2 Å². The average Bonchev–Trinajstić information content (AvgIpc) is 4.09. The molecule has 0 spiro atoms. The highest BCUT2D eigenvalue weighted by Crippen LogP contribution is 2.59. The lowest BCUT2D eigenvalue weighted by Gasteiger charge is -2.22. The maximum absolute atomic E-state index is 13.7. The fourth-order valence-corrected chi connectivity index (χ4v) is 10.3. The van der Waals surface area contributed by atoms with Crippen molar-refractivity contribution in [1.29, 1.82) is 0 Å². The summed E-state index contributed by atoms with van der Waals surface area (Å²) in [5.74, 6) is 1.49. The van der Waals surface area contributed by atoms with Crippen molar-refractivity contribution in [3.05, 3.63) is 156 Å². The van der Waals surface area contributed by atoms with Gasteiger partial charge in [0.25, 0.3) is 0 Å². The van der Waals surface area contributed by atoms with E-state index >= 15 is 0 Å². The smallest absolute Gasteiger partial charge is 0.234 e. The van der Waals surface area contributed by atoms with E-state index in [1.165, 1.54) is 11.1 Å². The lowest BCUT2D eigenvalue weighted by Crippen LogP contribution is -2.33. The van der Waals surface area contributed by atoms with Crippen molar-refractivity contribution in [1.82, 2.24) is 29.8 Å².